The van der Waals surface area contributed by atoms with E-state index in [1.165, 1.54) is 24.8 Å². The molecule has 3 fully saturated rings. The summed E-state index contributed by atoms with van der Waals surface area (Å²) in [6.45, 7) is 3.46. The molecule has 2 aromatic carbocycles. The summed E-state index contributed by atoms with van der Waals surface area (Å²) >= 11 is 0. The first-order valence-corrected chi connectivity index (χ1v) is 12.2. The molecule has 164 valence electrons. The Morgan fingerprint density at radius 1 is 0.903 bits per heavy atom. The summed E-state index contributed by atoms with van der Waals surface area (Å²) in [6, 6.07) is 22.0. The molecule has 1 aliphatic heterocycles. The number of fused-ring (bicyclic) bond motifs is 2. The number of hydrogen-bond acceptors (Lipinski definition) is 2. The summed E-state index contributed by atoms with van der Waals surface area (Å²) in [4.78, 5) is 13.6. The van der Waals surface area contributed by atoms with Gasteiger partial charge in [0.25, 0.3) is 0 Å². The fraction of sp³-hybridized carbons (Fsp3) is 0.536. The van der Waals surface area contributed by atoms with Gasteiger partial charge in [-0.15, -0.1) is 0 Å². The second-order valence-corrected chi connectivity index (χ2v) is 10.4. The van der Waals surface area contributed by atoms with Gasteiger partial charge in [-0.25, -0.2) is 0 Å². The third-order valence-corrected chi connectivity index (χ3v) is 8.77. The van der Waals surface area contributed by atoms with Gasteiger partial charge in [0.05, 0.1) is 25.4 Å². The minimum Gasteiger partial charge on any atom is -0.455 e. The van der Waals surface area contributed by atoms with Crippen molar-refractivity contribution in [1.29, 1.82) is 0 Å². The third kappa shape index (κ3) is 3.71. The van der Waals surface area contributed by atoms with Crippen molar-refractivity contribution in [3.8, 4) is 0 Å². The molecule has 3 heteroatoms. The Bertz CT molecular complexity index is 892. The quantitative estimate of drug-likeness (QED) is 0.433. The number of likely N-dealkylation sites (N-methyl/N-ethyl adjacent to an activating group) is 1. The lowest BCUT2D eigenvalue weighted by Gasteiger charge is -2.43. The van der Waals surface area contributed by atoms with Gasteiger partial charge in [-0.2, -0.15) is 0 Å². The molecule has 5 rings (SSSR count). The summed E-state index contributed by atoms with van der Waals surface area (Å²) < 4.78 is 7.45. The Balaban J connectivity index is 1.36. The van der Waals surface area contributed by atoms with E-state index in [0.717, 1.165) is 35.9 Å². The molecule has 2 saturated carbocycles. The van der Waals surface area contributed by atoms with Crippen molar-refractivity contribution in [3.63, 3.8) is 0 Å². The van der Waals surface area contributed by atoms with Gasteiger partial charge in [0.1, 0.15) is 12.1 Å². The molecule has 0 radical (unpaired) electrons. The van der Waals surface area contributed by atoms with E-state index in [1.54, 1.807) is 0 Å². The van der Waals surface area contributed by atoms with Gasteiger partial charge >= 0.3 is 5.97 Å². The van der Waals surface area contributed by atoms with Gasteiger partial charge in [0.15, 0.2) is 6.10 Å². The zero-order chi connectivity index (χ0) is 21.4. The molecule has 6 atom stereocenters. The maximum Gasteiger partial charge on any atom is 0.314 e. The number of likely N-dealkylation sites (tertiary alicyclic amines) is 1. The average Bonchev–Trinajstić information content (AvgIpc) is 3.51. The van der Waals surface area contributed by atoms with Crippen molar-refractivity contribution < 1.29 is 14.0 Å². The average molecular weight is 419 g/mol. The molecule has 0 aromatic heterocycles. The lowest BCUT2D eigenvalue weighted by atomic mass is 9.85. The summed E-state index contributed by atoms with van der Waals surface area (Å²) in [5.74, 6) is 0.845. The third-order valence-electron chi connectivity index (χ3n) is 8.77. The van der Waals surface area contributed by atoms with Crippen LogP contribution in [0.3, 0.4) is 0 Å². The largest absolute Gasteiger partial charge is 0.455 e. The number of esters is 1. The lowest BCUT2D eigenvalue weighted by Crippen LogP contribution is -2.53. The zero-order valence-electron chi connectivity index (χ0n) is 19.0. The molecule has 3 aliphatic rings. The Morgan fingerprint density at radius 3 is 2.16 bits per heavy atom. The summed E-state index contributed by atoms with van der Waals surface area (Å²) in [5.41, 5.74) is 2.52. The minimum atomic E-state index is -0.103. The van der Waals surface area contributed by atoms with Crippen LogP contribution in [0.5, 0.6) is 0 Å². The van der Waals surface area contributed by atoms with Gasteiger partial charge < -0.3 is 9.22 Å². The van der Waals surface area contributed by atoms with Crippen LogP contribution in [0.2, 0.25) is 0 Å². The fourth-order valence-corrected chi connectivity index (χ4v) is 6.95. The molecule has 3 nitrogen and oxygen atoms in total. The predicted octanol–water partition coefficient (Wildman–Crippen LogP) is 5.87. The number of nitrogens with zero attached hydrogens (tertiary/aromatic N) is 1. The molecular formula is C28H36NO2+. The molecule has 2 bridgehead atoms. The molecular weight excluding hydrogens is 382 g/mol. The molecule has 2 aliphatic carbocycles. The first-order valence-electron chi connectivity index (χ1n) is 12.2. The van der Waals surface area contributed by atoms with E-state index < -0.39 is 0 Å². The summed E-state index contributed by atoms with van der Waals surface area (Å²) in [7, 11) is 2.38. The second kappa shape index (κ2) is 8.43. The number of carbonyl (C=O) groups is 1. The van der Waals surface area contributed by atoms with Crippen LogP contribution in [-0.4, -0.2) is 36.2 Å². The molecule has 1 saturated heterocycles. The van der Waals surface area contributed by atoms with Crippen molar-refractivity contribution in [3.05, 3.63) is 71.8 Å². The fourth-order valence-electron chi connectivity index (χ4n) is 6.95. The van der Waals surface area contributed by atoms with E-state index in [2.05, 4.69) is 68.6 Å². The SMILES string of the molecule is C[C@@H](c1ccccc1)[N+]1(C)CC2CC[C@@H]1C2OC(=O)C(c1ccccc1)C1CCCC1. The van der Waals surface area contributed by atoms with Crippen molar-refractivity contribution in [2.75, 3.05) is 13.6 Å². The molecule has 0 spiro atoms. The number of hydrogen-bond donors (Lipinski definition) is 0. The topological polar surface area (TPSA) is 26.3 Å². The summed E-state index contributed by atoms with van der Waals surface area (Å²) in [6.07, 6.45) is 7.18. The van der Waals surface area contributed by atoms with Crippen molar-refractivity contribution in [2.45, 2.75) is 69.6 Å². The normalized spacial score (nSPS) is 32.1. The monoisotopic (exact) mass is 418 g/mol. The molecule has 1 heterocycles. The first kappa shape index (κ1) is 20.8. The highest BCUT2D eigenvalue weighted by atomic mass is 16.5. The Kier molecular flexibility index (Phi) is 5.64. The number of ether oxygens (including phenoxy) is 1. The van der Waals surface area contributed by atoms with E-state index in [4.69, 9.17) is 4.74 Å². The van der Waals surface area contributed by atoms with Gasteiger partial charge in [0, 0.05) is 12.0 Å². The van der Waals surface area contributed by atoms with Crippen LogP contribution in [0.15, 0.2) is 60.7 Å². The van der Waals surface area contributed by atoms with Gasteiger partial charge in [-0.3, -0.25) is 4.79 Å². The van der Waals surface area contributed by atoms with Crippen molar-refractivity contribution >= 4 is 5.97 Å². The van der Waals surface area contributed by atoms with E-state index in [1.807, 2.05) is 6.07 Å². The number of rotatable bonds is 6. The molecule has 31 heavy (non-hydrogen) atoms. The Labute approximate surface area is 187 Å². The zero-order valence-corrected chi connectivity index (χ0v) is 19.0. The minimum absolute atomic E-state index is 0.0285. The lowest BCUT2D eigenvalue weighted by molar-refractivity contribution is -0.954. The highest BCUT2D eigenvalue weighted by molar-refractivity contribution is 5.79. The van der Waals surface area contributed by atoms with Crippen molar-refractivity contribution in [2.24, 2.45) is 11.8 Å². The molecule has 2 aromatic rings. The van der Waals surface area contributed by atoms with E-state index >= 15 is 0 Å². The molecule has 0 N–H and O–H groups in total. The maximum absolute atomic E-state index is 13.6. The van der Waals surface area contributed by atoms with Gasteiger partial charge in [-0.05, 0) is 37.7 Å². The Morgan fingerprint density at radius 2 is 1.52 bits per heavy atom. The van der Waals surface area contributed by atoms with Gasteiger partial charge in [-0.1, -0.05) is 73.5 Å². The number of carbonyl (C=O) groups excluding carboxylic acids is 1. The number of quaternary nitrogens is 1. The summed E-state index contributed by atoms with van der Waals surface area (Å²) in [5, 5.41) is 0. The van der Waals surface area contributed by atoms with Gasteiger partial charge in [0.2, 0.25) is 0 Å². The van der Waals surface area contributed by atoms with Crippen LogP contribution < -0.4 is 0 Å². The van der Waals surface area contributed by atoms with Crippen LogP contribution in [0.25, 0.3) is 0 Å². The molecule has 4 unspecified atom stereocenters. The van der Waals surface area contributed by atoms with E-state index in [0.29, 0.717) is 23.9 Å². The van der Waals surface area contributed by atoms with E-state index in [-0.39, 0.29) is 18.0 Å². The molecule has 0 amide bonds. The van der Waals surface area contributed by atoms with Crippen LogP contribution in [-0.2, 0) is 9.53 Å². The van der Waals surface area contributed by atoms with Crippen molar-refractivity contribution in [1.82, 2.24) is 0 Å². The Hall–Kier alpha value is -2.13. The van der Waals surface area contributed by atoms with Crippen LogP contribution >= 0.6 is 0 Å². The number of benzene rings is 2. The highest BCUT2D eigenvalue weighted by Crippen LogP contribution is 2.49. The van der Waals surface area contributed by atoms with Crippen LogP contribution in [0.1, 0.15) is 68.5 Å². The van der Waals surface area contributed by atoms with E-state index in [9.17, 15) is 4.79 Å². The maximum atomic E-state index is 13.6. The van der Waals surface area contributed by atoms with Crippen LogP contribution in [0, 0.1) is 11.8 Å². The standard InChI is InChI=1S/C28H36NO2/c1-20(21-11-5-3-6-12-21)29(2)19-24-17-18-25(29)27(24)31-28(30)26(23-15-9-10-16-23)22-13-7-4-8-14-22/h3-8,11-14,20,23-27H,9-10,15-19H2,1-2H3/q+1/t20-,24?,25+,26?,27?,29?/m0/s1. The number of piperidine rings is 1. The van der Waals surface area contributed by atoms with Crippen LogP contribution in [0.4, 0.5) is 0 Å². The second-order valence-electron chi connectivity index (χ2n) is 10.4. The predicted molar refractivity (Wildman–Crippen MR) is 123 cm³/mol. The highest BCUT2D eigenvalue weighted by Gasteiger charge is 2.60. The first-order chi connectivity index (χ1) is 15.1. The smallest absolute Gasteiger partial charge is 0.314 e.